The average molecular weight is 346 g/mol. The maximum atomic E-state index is 13.9. The molecule has 0 aromatic heterocycles. The number of carbonyl (C=O) groups is 2. The topological polar surface area (TPSA) is 49.4 Å². The van der Waals surface area contributed by atoms with Crippen molar-refractivity contribution in [2.45, 2.75) is 37.9 Å². The number of hydrogen-bond acceptors (Lipinski definition) is 2. The van der Waals surface area contributed by atoms with E-state index in [1.54, 1.807) is 6.07 Å². The lowest BCUT2D eigenvalue weighted by Gasteiger charge is -2.26. The quantitative estimate of drug-likeness (QED) is 0.851. The summed E-state index contributed by atoms with van der Waals surface area (Å²) in [6.07, 6.45) is -4.39. The lowest BCUT2D eigenvalue weighted by atomic mass is 9.83. The van der Waals surface area contributed by atoms with Crippen molar-refractivity contribution in [3.8, 4) is 0 Å². The highest BCUT2D eigenvalue weighted by Gasteiger charge is 2.41. The molecule has 1 atom stereocenters. The smallest absolute Gasteiger partial charge is 0.343 e. The van der Waals surface area contributed by atoms with E-state index in [2.05, 4.69) is 5.32 Å². The highest BCUT2D eigenvalue weighted by molar-refractivity contribution is 5.93. The molecule has 24 heavy (non-hydrogen) atoms. The molecular weight excluding hydrogens is 328 g/mol. The first-order chi connectivity index (χ1) is 11.0. The minimum absolute atomic E-state index is 0.0799. The summed E-state index contributed by atoms with van der Waals surface area (Å²) in [5.74, 6) is -1.95. The molecule has 0 unspecified atom stereocenters. The number of alkyl halides is 3. The molecule has 0 spiro atoms. The fourth-order valence-corrected chi connectivity index (χ4v) is 2.68. The van der Waals surface area contributed by atoms with Crippen molar-refractivity contribution in [1.82, 2.24) is 10.2 Å². The van der Waals surface area contributed by atoms with Crippen molar-refractivity contribution >= 4 is 11.8 Å². The van der Waals surface area contributed by atoms with Crippen LogP contribution in [0, 0.1) is 5.82 Å². The van der Waals surface area contributed by atoms with E-state index in [1.807, 2.05) is 0 Å². The van der Waals surface area contributed by atoms with Crippen molar-refractivity contribution in [3.63, 3.8) is 0 Å². The maximum Gasteiger partial charge on any atom is 0.406 e. The van der Waals surface area contributed by atoms with Gasteiger partial charge in [-0.1, -0.05) is 18.2 Å². The molecule has 1 aliphatic heterocycles. The van der Waals surface area contributed by atoms with Crippen molar-refractivity contribution in [2.24, 2.45) is 0 Å². The Kier molecular flexibility index (Phi) is 4.87. The molecule has 1 aromatic rings. The summed E-state index contributed by atoms with van der Waals surface area (Å²) in [6.45, 7) is 1.57. The molecule has 0 radical (unpaired) electrons. The van der Waals surface area contributed by atoms with Crippen LogP contribution in [-0.2, 0) is 15.0 Å². The Morgan fingerprint density at radius 1 is 1.29 bits per heavy atom. The van der Waals surface area contributed by atoms with Crippen LogP contribution in [0.3, 0.4) is 0 Å². The van der Waals surface area contributed by atoms with Crippen LogP contribution in [0.4, 0.5) is 17.6 Å². The summed E-state index contributed by atoms with van der Waals surface area (Å²) in [5, 5.41) is 2.45. The summed E-state index contributed by atoms with van der Waals surface area (Å²) in [7, 11) is 0. The lowest BCUT2D eigenvalue weighted by molar-refractivity contribution is -0.158. The van der Waals surface area contributed by atoms with Gasteiger partial charge >= 0.3 is 6.18 Å². The number of carbonyl (C=O) groups excluding carboxylic acids is 2. The third kappa shape index (κ3) is 3.85. The molecule has 0 saturated carbocycles. The third-order valence-corrected chi connectivity index (χ3v) is 4.09. The van der Waals surface area contributed by atoms with Crippen LogP contribution in [-0.4, -0.2) is 42.0 Å². The molecule has 1 fully saturated rings. The fraction of sp³-hybridized carbons (Fsp3) is 0.500. The van der Waals surface area contributed by atoms with E-state index >= 15 is 0 Å². The molecule has 2 rings (SSSR count). The number of rotatable bonds is 4. The highest BCUT2D eigenvalue weighted by Crippen LogP contribution is 2.27. The van der Waals surface area contributed by atoms with Crippen molar-refractivity contribution in [1.29, 1.82) is 0 Å². The summed E-state index contributed by atoms with van der Waals surface area (Å²) >= 11 is 0. The first kappa shape index (κ1) is 18.2. The van der Waals surface area contributed by atoms with Crippen LogP contribution in [0.5, 0.6) is 0 Å². The molecular formula is C16H18F4N2O2. The van der Waals surface area contributed by atoms with Gasteiger partial charge in [-0.15, -0.1) is 0 Å². The Labute approximate surface area is 136 Å². The zero-order valence-electron chi connectivity index (χ0n) is 13.3. The molecule has 1 aliphatic rings. The minimum atomic E-state index is -4.49. The zero-order chi connectivity index (χ0) is 18.1. The lowest BCUT2D eigenvalue weighted by Crippen LogP contribution is -2.49. The van der Waals surface area contributed by atoms with Crippen LogP contribution in [0.25, 0.3) is 0 Å². The number of amides is 2. The van der Waals surface area contributed by atoms with Gasteiger partial charge in [-0.3, -0.25) is 9.59 Å². The maximum absolute atomic E-state index is 13.9. The van der Waals surface area contributed by atoms with E-state index in [4.69, 9.17) is 0 Å². The monoisotopic (exact) mass is 346 g/mol. The molecule has 4 nitrogen and oxygen atoms in total. The average Bonchev–Trinajstić information content (AvgIpc) is 2.78. The van der Waals surface area contributed by atoms with Gasteiger partial charge in [0, 0.05) is 12.1 Å². The Bertz CT molecular complexity index is 643. The second-order valence-electron chi connectivity index (χ2n) is 6.29. The number of hydrogen-bond donors (Lipinski definition) is 1. The largest absolute Gasteiger partial charge is 0.406 e. The van der Waals surface area contributed by atoms with E-state index in [-0.39, 0.29) is 18.5 Å². The van der Waals surface area contributed by atoms with Crippen LogP contribution in [0.2, 0.25) is 0 Å². The van der Waals surface area contributed by atoms with Gasteiger partial charge in [0.15, 0.2) is 0 Å². The summed E-state index contributed by atoms with van der Waals surface area (Å²) in [6, 6.07) is 4.73. The fourth-order valence-electron chi connectivity index (χ4n) is 2.68. The second-order valence-corrected chi connectivity index (χ2v) is 6.29. The predicted molar refractivity (Wildman–Crippen MR) is 78.6 cm³/mol. The number of nitrogens with zero attached hydrogens (tertiary/aromatic N) is 1. The van der Waals surface area contributed by atoms with Gasteiger partial charge in [0.1, 0.15) is 18.4 Å². The predicted octanol–water partition coefficient (Wildman–Crippen LogP) is 2.38. The van der Waals surface area contributed by atoms with Gasteiger partial charge < -0.3 is 10.2 Å². The van der Waals surface area contributed by atoms with Crippen molar-refractivity contribution < 1.29 is 27.2 Å². The molecule has 1 heterocycles. The van der Waals surface area contributed by atoms with E-state index in [0.717, 1.165) is 0 Å². The van der Waals surface area contributed by atoms with Crippen LogP contribution in [0.15, 0.2) is 24.3 Å². The molecule has 2 amide bonds. The number of halogens is 4. The Balaban J connectivity index is 2.07. The van der Waals surface area contributed by atoms with Crippen molar-refractivity contribution in [3.05, 3.63) is 35.6 Å². The van der Waals surface area contributed by atoms with Gasteiger partial charge in [0.05, 0.1) is 5.41 Å². The minimum Gasteiger partial charge on any atom is -0.343 e. The number of likely N-dealkylation sites (tertiary alicyclic amines) is 1. The molecule has 0 aliphatic carbocycles. The normalized spacial score (nSPS) is 18.8. The second kappa shape index (κ2) is 6.41. The molecule has 8 heteroatoms. The first-order valence-electron chi connectivity index (χ1n) is 7.44. The van der Waals surface area contributed by atoms with Gasteiger partial charge in [-0.2, -0.15) is 13.2 Å². The first-order valence-corrected chi connectivity index (χ1v) is 7.44. The molecule has 1 saturated heterocycles. The van der Waals surface area contributed by atoms with Crippen molar-refractivity contribution in [2.75, 3.05) is 13.1 Å². The summed E-state index contributed by atoms with van der Waals surface area (Å²) in [4.78, 5) is 25.1. The number of nitrogens with one attached hydrogen (secondary N) is 1. The summed E-state index contributed by atoms with van der Waals surface area (Å²) in [5.41, 5.74) is -1.11. The standard InChI is InChI=1S/C16H18F4N2O2/c1-15(2,10-5-3-4-6-11(10)17)14(24)21-12-7-8-22(13(12)23)9-16(18,19)20/h3-6,12H,7-9H2,1-2H3,(H,21,24)/t12-/m1/s1. The number of benzene rings is 1. The molecule has 0 bridgehead atoms. The Morgan fingerprint density at radius 3 is 2.50 bits per heavy atom. The van der Waals surface area contributed by atoms with Crippen LogP contribution < -0.4 is 5.32 Å². The molecule has 1 N–H and O–H groups in total. The molecule has 132 valence electrons. The van der Waals surface area contributed by atoms with Gasteiger partial charge in [0.2, 0.25) is 11.8 Å². The Hall–Kier alpha value is -2.12. The Morgan fingerprint density at radius 2 is 1.92 bits per heavy atom. The third-order valence-electron chi connectivity index (χ3n) is 4.09. The van der Waals surface area contributed by atoms with E-state index in [1.165, 1.54) is 32.0 Å². The van der Waals surface area contributed by atoms with E-state index in [0.29, 0.717) is 4.90 Å². The van der Waals surface area contributed by atoms with Crippen LogP contribution in [0.1, 0.15) is 25.8 Å². The SMILES string of the molecule is CC(C)(C(=O)N[C@@H]1CCN(CC(F)(F)F)C1=O)c1ccccc1F. The van der Waals surface area contributed by atoms with Gasteiger partial charge in [-0.05, 0) is 26.3 Å². The molecule has 1 aromatic carbocycles. The summed E-state index contributed by atoms with van der Waals surface area (Å²) < 4.78 is 51.1. The van der Waals surface area contributed by atoms with Gasteiger partial charge in [0.25, 0.3) is 0 Å². The van der Waals surface area contributed by atoms with Crippen LogP contribution >= 0.6 is 0 Å². The van der Waals surface area contributed by atoms with E-state index < -0.39 is 41.8 Å². The zero-order valence-corrected chi connectivity index (χ0v) is 13.3. The van der Waals surface area contributed by atoms with Gasteiger partial charge in [-0.25, -0.2) is 4.39 Å². The van der Waals surface area contributed by atoms with E-state index in [9.17, 15) is 27.2 Å². The highest BCUT2D eigenvalue weighted by atomic mass is 19.4.